The number of pyridine rings is 1. The van der Waals surface area contributed by atoms with Crippen molar-refractivity contribution in [2.45, 2.75) is 5.92 Å². The number of anilines is 1. The maximum Gasteiger partial charge on any atom is 0.102 e. The first-order valence-electron chi connectivity index (χ1n) is 8.26. The second-order valence-corrected chi connectivity index (χ2v) is 6.04. The second kappa shape index (κ2) is 6.26. The van der Waals surface area contributed by atoms with Crippen LogP contribution in [0.15, 0.2) is 79.5 Å². The molecule has 0 amide bonds. The molecule has 3 nitrogen and oxygen atoms in total. The number of hydrogen-bond acceptors (Lipinski definition) is 3. The summed E-state index contributed by atoms with van der Waals surface area (Å²) in [5.41, 5.74) is 4.77. The van der Waals surface area contributed by atoms with Crippen LogP contribution in [0.3, 0.4) is 0 Å². The Morgan fingerprint density at radius 2 is 1.88 bits per heavy atom. The highest BCUT2D eigenvalue weighted by atomic mass is 15.1. The van der Waals surface area contributed by atoms with Gasteiger partial charge in [-0.15, -0.1) is 6.58 Å². The molecule has 0 spiro atoms. The van der Waals surface area contributed by atoms with Gasteiger partial charge in [-0.25, -0.2) is 4.98 Å². The molecular formula is C22H17N3. The van der Waals surface area contributed by atoms with E-state index in [0.717, 1.165) is 33.4 Å². The van der Waals surface area contributed by atoms with Crippen molar-refractivity contribution >= 4 is 22.2 Å². The fraction of sp³-hybridized carbons (Fsp3) is 0.0909. The highest BCUT2D eigenvalue weighted by Gasteiger charge is 2.28. The molecule has 120 valence electrons. The van der Waals surface area contributed by atoms with Crippen LogP contribution < -0.4 is 4.90 Å². The van der Waals surface area contributed by atoms with Crippen molar-refractivity contribution in [3.8, 4) is 6.07 Å². The Morgan fingerprint density at radius 1 is 1.08 bits per heavy atom. The third-order valence-corrected chi connectivity index (χ3v) is 4.51. The number of rotatable bonds is 3. The van der Waals surface area contributed by atoms with Gasteiger partial charge in [-0.2, -0.15) is 5.26 Å². The molecule has 0 N–H and O–H groups in total. The average Bonchev–Trinajstić information content (AvgIpc) is 2.67. The smallest absolute Gasteiger partial charge is 0.102 e. The van der Waals surface area contributed by atoms with E-state index in [9.17, 15) is 5.26 Å². The number of benzene rings is 2. The van der Waals surface area contributed by atoms with Crippen LogP contribution in [0.5, 0.6) is 0 Å². The summed E-state index contributed by atoms with van der Waals surface area (Å²) in [4.78, 5) is 6.92. The topological polar surface area (TPSA) is 39.9 Å². The largest absolute Gasteiger partial charge is 0.343 e. The van der Waals surface area contributed by atoms with Crippen molar-refractivity contribution in [2.75, 3.05) is 11.4 Å². The van der Waals surface area contributed by atoms with Crippen LogP contribution in [0.1, 0.15) is 17.2 Å². The summed E-state index contributed by atoms with van der Waals surface area (Å²) >= 11 is 0. The van der Waals surface area contributed by atoms with Crippen molar-refractivity contribution in [1.82, 2.24) is 4.98 Å². The third kappa shape index (κ3) is 2.58. The lowest BCUT2D eigenvalue weighted by Gasteiger charge is -2.31. The predicted octanol–water partition coefficient (Wildman–Crippen LogP) is 4.89. The molecule has 0 unspecified atom stereocenters. The summed E-state index contributed by atoms with van der Waals surface area (Å²) in [7, 11) is 0. The number of aromatic nitrogens is 1. The summed E-state index contributed by atoms with van der Waals surface area (Å²) in [6, 6.07) is 22.6. The van der Waals surface area contributed by atoms with Crippen LogP contribution in [0.4, 0.5) is 5.69 Å². The van der Waals surface area contributed by atoms with Gasteiger partial charge in [0.05, 0.1) is 17.3 Å². The molecule has 1 aliphatic rings. The van der Waals surface area contributed by atoms with Gasteiger partial charge in [-0.3, -0.25) is 0 Å². The molecule has 0 bridgehead atoms. The zero-order valence-electron chi connectivity index (χ0n) is 13.8. The van der Waals surface area contributed by atoms with Gasteiger partial charge in [-0.1, -0.05) is 48.5 Å². The molecule has 3 heteroatoms. The highest BCUT2D eigenvalue weighted by Crippen LogP contribution is 2.41. The van der Waals surface area contributed by atoms with E-state index in [1.165, 1.54) is 0 Å². The lowest BCUT2D eigenvalue weighted by molar-refractivity contribution is 0.982. The van der Waals surface area contributed by atoms with E-state index >= 15 is 0 Å². The molecule has 0 aliphatic carbocycles. The van der Waals surface area contributed by atoms with Crippen LogP contribution >= 0.6 is 0 Å². The van der Waals surface area contributed by atoms with Crippen molar-refractivity contribution in [3.63, 3.8) is 0 Å². The van der Waals surface area contributed by atoms with Crippen molar-refractivity contribution in [3.05, 3.63) is 90.8 Å². The highest BCUT2D eigenvalue weighted by molar-refractivity contribution is 5.85. The Balaban J connectivity index is 1.89. The molecule has 0 radical (unpaired) electrons. The molecule has 0 saturated carbocycles. The van der Waals surface area contributed by atoms with Crippen LogP contribution in [0.2, 0.25) is 0 Å². The normalized spacial score (nSPS) is 16.0. The van der Waals surface area contributed by atoms with E-state index in [4.69, 9.17) is 4.98 Å². The second-order valence-electron chi connectivity index (χ2n) is 6.04. The van der Waals surface area contributed by atoms with Gasteiger partial charge in [0.15, 0.2) is 0 Å². The molecule has 25 heavy (non-hydrogen) atoms. The summed E-state index contributed by atoms with van der Waals surface area (Å²) in [6.07, 6.45) is 3.90. The molecule has 1 atom stereocenters. The van der Waals surface area contributed by atoms with Gasteiger partial charge in [0.2, 0.25) is 0 Å². The Hall–Kier alpha value is -3.38. The quantitative estimate of drug-likeness (QED) is 0.644. The molecule has 1 aliphatic heterocycles. The minimum Gasteiger partial charge on any atom is -0.343 e. The summed E-state index contributed by atoms with van der Waals surface area (Å²) in [5.74, 6) is -0.328. The molecule has 2 aromatic carbocycles. The molecular weight excluding hydrogens is 306 g/mol. The van der Waals surface area contributed by atoms with E-state index in [1.807, 2.05) is 66.9 Å². The van der Waals surface area contributed by atoms with E-state index in [1.54, 1.807) is 0 Å². The Labute approximate surface area is 147 Å². The molecule has 2 heterocycles. The van der Waals surface area contributed by atoms with Crippen LogP contribution in [-0.4, -0.2) is 11.5 Å². The minimum absolute atomic E-state index is 0.328. The van der Waals surface area contributed by atoms with Crippen LogP contribution in [-0.2, 0) is 0 Å². The molecule has 3 aromatic rings. The van der Waals surface area contributed by atoms with Crippen molar-refractivity contribution in [2.24, 2.45) is 0 Å². The monoisotopic (exact) mass is 323 g/mol. The average molecular weight is 323 g/mol. The van der Waals surface area contributed by atoms with E-state index < -0.39 is 0 Å². The lowest BCUT2D eigenvalue weighted by atomic mass is 9.86. The predicted molar refractivity (Wildman–Crippen MR) is 102 cm³/mol. The Bertz CT molecular complexity index is 1030. The molecule has 4 rings (SSSR count). The van der Waals surface area contributed by atoms with Crippen molar-refractivity contribution < 1.29 is 0 Å². The number of fused-ring (bicyclic) bond motifs is 2. The summed E-state index contributed by atoms with van der Waals surface area (Å²) in [6.45, 7) is 4.54. The van der Waals surface area contributed by atoms with Gasteiger partial charge in [0.1, 0.15) is 5.92 Å². The third-order valence-electron chi connectivity index (χ3n) is 4.51. The van der Waals surface area contributed by atoms with Gasteiger partial charge in [0, 0.05) is 29.4 Å². The Morgan fingerprint density at radius 3 is 2.72 bits per heavy atom. The first kappa shape index (κ1) is 15.2. The van der Waals surface area contributed by atoms with Crippen LogP contribution in [0.25, 0.3) is 16.5 Å². The van der Waals surface area contributed by atoms with Gasteiger partial charge >= 0.3 is 0 Å². The molecule has 0 saturated heterocycles. The zero-order chi connectivity index (χ0) is 17.2. The van der Waals surface area contributed by atoms with Gasteiger partial charge in [-0.05, 0) is 23.8 Å². The van der Waals surface area contributed by atoms with Crippen LogP contribution in [0, 0.1) is 11.3 Å². The van der Waals surface area contributed by atoms with E-state index in [0.29, 0.717) is 6.54 Å². The minimum atomic E-state index is -0.328. The molecule has 1 aromatic heterocycles. The fourth-order valence-electron chi connectivity index (χ4n) is 3.34. The van der Waals surface area contributed by atoms with E-state index in [-0.39, 0.29) is 5.92 Å². The summed E-state index contributed by atoms with van der Waals surface area (Å²) in [5, 5.41) is 10.9. The standard InChI is InChI=1S/C22H17N3/c1-2-13-25-15-19(18(14-23)17-8-4-6-10-22(17)25)21-12-11-16-7-3-5-9-20(16)24-21/h2-12,15,18H,1,13H2/t18-/m1/s1. The first-order valence-corrected chi connectivity index (χ1v) is 8.26. The number of nitriles is 1. The maximum absolute atomic E-state index is 9.84. The number of nitrogens with zero attached hydrogens (tertiary/aromatic N) is 3. The number of hydrogen-bond donors (Lipinski definition) is 0. The van der Waals surface area contributed by atoms with E-state index in [2.05, 4.69) is 23.6 Å². The first-order chi connectivity index (χ1) is 12.3. The fourth-order valence-corrected chi connectivity index (χ4v) is 3.34. The van der Waals surface area contributed by atoms with Gasteiger partial charge < -0.3 is 4.90 Å². The maximum atomic E-state index is 9.84. The molecule has 0 fully saturated rings. The number of para-hydroxylation sites is 2. The Kier molecular flexibility index (Phi) is 3.80. The SMILES string of the molecule is C=CCN1C=C(c2ccc3ccccc3n2)[C@H](C#N)c2ccccc21. The van der Waals surface area contributed by atoms with Crippen molar-refractivity contribution in [1.29, 1.82) is 5.26 Å². The summed E-state index contributed by atoms with van der Waals surface area (Å²) < 4.78 is 0. The lowest BCUT2D eigenvalue weighted by Crippen LogP contribution is -2.24. The number of allylic oxidation sites excluding steroid dienone is 1. The van der Waals surface area contributed by atoms with Gasteiger partial charge in [0.25, 0.3) is 0 Å². The zero-order valence-corrected chi connectivity index (χ0v) is 13.8.